The predicted molar refractivity (Wildman–Crippen MR) is 156 cm³/mol. The number of hydrogen-bond acceptors (Lipinski definition) is 10. The molecule has 1 unspecified atom stereocenters. The molecule has 4 rings (SSSR count). The number of methoxy groups -OCH3 is 1. The molecular formula is C27H26ClF6N7O7. The van der Waals surface area contributed by atoms with Crippen LogP contribution in [-0.4, -0.2) is 89.1 Å². The molecule has 0 aliphatic carbocycles. The molecule has 0 fully saturated rings. The summed E-state index contributed by atoms with van der Waals surface area (Å²) in [7, 11) is 1.10. The van der Waals surface area contributed by atoms with E-state index in [-0.39, 0.29) is 22.7 Å². The highest BCUT2D eigenvalue weighted by atomic mass is 35.5. The van der Waals surface area contributed by atoms with Gasteiger partial charge in [-0.1, -0.05) is 11.6 Å². The average molecular weight is 710 g/mol. The minimum Gasteiger partial charge on any atom is -0.475 e. The number of nitrogens with zero attached hydrogens (tertiary/aromatic N) is 2. The van der Waals surface area contributed by atoms with Crippen LogP contribution in [0.1, 0.15) is 33.9 Å². The zero-order valence-electron chi connectivity index (χ0n) is 24.4. The molecule has 7 N–H and O–H groups in total. The van der Waals surface area contributed by atoms with Gasteiger partial charge in [0.25, 0.3) is 5.91 Å². The Morgan fingerprint density at radius 3 is 2.38 bits per heavy atom. The van der Waals surface area contributed by atoms with E-state index in [1.54, 1.807) is 6.20 Å². The van der Waals surface area contributed by atoms with Crippen LogP contribution in [0.3, 0.4) is 0 Å². The number of aliphatic hydroxyl groups excluding tert-OH is 1. The summed E-state index contributed by atoms with van der Waals surface area (Å²) >= 11 is 5.87. The lowest BCUT2D eigenvalue weighted by molar-refractivity contribution is -0.192. The van der Waals surface area contributed by atoms with Crippen molar-refractivity contribution in [3.63, 3.8) is 0 Å². The van der Waals surface area contributed by atoms with Gasteiger partial charge < -0.3 is 36.2 Å². The van der Waals surface area contributed by atoms with E-state index in [1.165, 1.54) is 18.2 Å². The number of halogens is 7. The van der Waals surface area contributed by atoms with E-state index in [9.17, 15) is 45.8 Å². The van der Waals surface area contributed by atoms with Gasteiger partial charge in [0.1, 0.15) is 0 Å². The third-order valence-corrected chi connectivity index (χ3v) is 6.49. The van der Waals surface area contributed by atoms with Crippen LogP contribution in [0.15, 0.2) is 41.5 Å². The first kappa shape index (κ1) is 37.3. The van der Waals surface area contributed by atoms with Crippen LogP contribution < -0.4 is 21.3 Å². The second kappa shape index (κ2) is 15.7. The summed E-state index contributed by atoms with van der Waals surface area (Å²) in [4.78, 5) is 50.7. The Morgan fingerprint density at radius 1 is 1.10 bits per heavy atom. The Labute approximate surface area is 270 Å². The van der Waals surface area contributed by atoms with Crippen LogP contribution in [0.2, 0.25) is 5.02 Å². The van der Waals surface area contributed by atoms with E-state index < -0.39 is 66.8 Å². The molecule has 0 spiro atoms. The lowest BCUT2D eigenvalue weighted by atomic mass is 10.0. The summed E-state index contributed by atoms with van der Waals surface area (Å²) in [5.74, 6) is -4.57. The first-order valence-corrected chi connectivity index (χ1v) is 13.8. The number of carboxylic acid groups (broad SMARTS) is 1. The molecule has 1 aromatic heterocycles. The number of anilines is 1. The molecule has 1 aliphatic rings. The summed E-state index contributed by atoms with van der Waals surface area (Å²) in [5, 5.41) is 34.8. The molecule has 0 radical (unpaired) electrons. The monoisotopic (exact) mass is 709 g/mol. The van der Waals surface area contributed by atoms with Crippen LogP contribution >= 0.6 is 11.6 Å². The second-order valence-electron chi connectivity index (χ2n) is 9.86. The molecule has 3 aromatic rings. The number of amides is 2. The quantitative estimate of drug-likeness (QED) is 0.134. The highest BCUT2D eigenvalue weighted by molar-refractivity contribution is 6.30. The number of aliphatic imine (C=N–C) groups is 1. The number of aromatic amines is 1. The molecule has 14 nitrogen and oxygen atoms in total. The number of fused-ring (bicyclic) bond motifs is 1. The normalized spacial score (nSPS) is 15.2. The van der Waals surface area contributed by atoms with Crippen molar-refractivity contribution in [1.82, 2.24) is 26.1 Å². The molecule has 0 bridgehead atoms. The van der Waals surface area contributed by atoms with E-state index in [0.717, 1.165) is 19.2 Å². The number of aromatic nitrogens is 2. The highest BCUT2D eigenvalue weighted by Crippen LogP contribution is 2.34. The number of hydrogen-bond donors (Lipinski definition) is 7. The minimum atomic E-state index is -5.08. The fourth-order valence-corrected chi connectivity index (χ4v) is 4.26. The van der Waals surface area contributed by atoms with E-state index in [2.05, 4.69) is 41.2 Å². The number of carbonyl (C=O) groups is 4. The number of aliphatic hydroxyl groups is 1. The molecule has 260 valence electrons. The van der Waals surface area contributed by atoms with Crippen molar-refractivity contribution >= 4 is 57.9 Å². The highest BCUT2D eigenvalue weighted by Gasteiger charge is 2.38. The summed E-state index contributed by atoms with van der Waals surface area (Å²) in [5.41, 5.74) is 0.0293. The fraction of sp³-hybridized carbons (Fsp3) is 0.333. The lowest BCUT2D eigenvalue weighted by Crippen LogP contribution is -2.42. The first-order chi connectivity index (χ1) is 22.4. The number of esters is 1. The van der Waals surface area contributed by atoms with Crippen molar-refractivity contribution < 1.29 is 60.5 Å². The maximum Gasteiger partial charge on any atom is 0.490 e. The number of nitrogens with one attached hydrogen (secondary N) is 5. The fourth-order valence-electron chi connectivity index (χ4n) is 4.02. The largest absolute Gasteiger partial charge is 0.490 e. The summed E-state index contributed by atoms with van der Waals surface area (Å²) in [6.07, 6.45) is -9.34. The van der Waals surface area contributed by atoms with Crippen LogP contribution in [0, 0.1) is 0 Å². The number of rotatable bonds is 8. The third kappa shape index (κ3) is 10.7. The number of aliphatic carboxylic acids is 1. The molecule has 2 heterocycles. The SMILES string of the molecule is COC(=O)C[C@H](NC(=O)CNC(=O)c1cc(NC2=NCC(O)CN2)c2cn[nH]c2c1)c1cc(Cl)cc(C(F)(F)F)c1.O=C(O)C(F)(F)F. The average Bonchev–Trinajstić information content (AvgIpc) is 3.49. The van der Waals surface area contributed by atoms with Crippen LogP contribution in [0.4, 0.5) is 32.0 Å². The Balaban J connectivity index is 0.000000804. The van der Waals surface area contributed by atoms with Crippen molar-refractivity contribution in [3.8, 4) is 0 Å². The number of alkyl halides is 6. The van der Waals surface area contributed by atoms with Crippen molar-refractivity contribution in [2.45, 2.75) is 30.9 Å². The second-order valence-corrected chi connectivity index (χ2v) is 10.3. The first-order valence-electron chi connectivity index (χ1n) is 13.4. The third-order valence-electron chi connectivity index (χ3n) is 6.27. The summed E-state index contributed by atoms with van der Waals surface area (Å²) < 4.78 is 76.3. The van der Waals surface area contributed by atoms with Crippen LogP contribution in [0.25, 0.3) is 10.9 Å². The zero-order valence-corrected chi connectivity index (χ0v) is 25.2. The Morgan fingerprint density at radius 2 is 1.79 bits per heavy atom. The van der Waals surface area contributed by atoms with Gasteiger partial charge in [-0.05, 0) is 35.9 Å². The maximum absolute atomic E-state index is 13.3. The standard InChI is InChI=1S/C25H25ClF3N7O5.C2HF3O2/c1-41-22(39)7-18(12-2-14(25(27,28)29)6-15(26)3-12)34-21(38)11-30-23(40)13-4-19(17-10-33-36-20(17)5-13)35-24-31-8-16(37)9-32-24;3-2(4,5)1(6)7/h2-6,10,16,18,37H,7-9,11H2,1H3,(H,30,40)(H,33,36)(H,34,38)(H2,31,32,35);(H,6,7)/t18-;/m0./s1. The van der Waals surface area contributed by atoms with Crippen molar-refractivity contribution in [3.05, 3.63) is 58.2 Å². The van der Waals surface area contributed by atoms with E-state index in [4.69, 9.17) is 21.5 Å². The van der Waals surface area contributed by atoms with Gasteiger partial charge in [-0.25, -0.2) is 4.79 Å². The Bertz CT molecular complexity index is 1700. The van der Waals surface area contributed by atoms with Crippen molar-refractivity contribution in [2.24, 2.45) is 4.99 Å². The number of carboxylic acids is 1. The van der Waals surface area contributed by atoms with Crippen LogP contribution in [-0.2, 0) is 25.3 Å². The van der Waals surface area contributed by atoms with Gasteiger partial charge in [0.2, 0.25) is 5.91 Å². The van der Waals surface area contributed by atoms with Crippen molar-refractivity contribution in [1.29, 1.82) is 0 Å². The van der Waals surface area contributed by atoms with Crippen LogP contribution in [0.5, 0.6) is 0 Å². The molecule has 0 saturated carbocycles. The smallest absolute Gasteiger partial charge is 0.475 e. The number of β-amino-alcohol motifs (C(OH)–C–C–N with tert-alkyl or cyclic N) is 1. The maximum atomic E-state index is 13.3. The van der Waals surface area contributed by atoms with Gasteiger partial charge in [-0.3, -0.25) is 24.5 Å². The zero-order chi connectivity index (χ0) is 35.8. The molecule has 0 saturated heterocycles. The van der Waals surface area contributed by atoms with Gasteiger partial charge in [-0.15, -0.1) is 0 Å². The minimum absolute atomic E-state index is 0.0675. The molecule has 48 heavy (non-hydrogen) atoms. The molecule has 2 aromatic carbocycles. The van der Waals surface area contributed by atoms with E-state index in [0.29, 0.717) is 29.1 Å². The van der Waals surface area contributed by atoms with E-state index >= 15 is 0 Å². The summed E-state index contributed by atoms with van der Waals surface area (Å²) in [6.45, 7) is -0.0682. The van der Waals surface area contributed by atoms with Gasteiger partial charge >= 0.3 is 24.3 Å². The van der Waals surface area contributed by atoms with Gasteiger partial charge in [-0.2, -0.15) is 31.4 Å². The number of guanidine groups is 1. The van der Waals surface area contributed by atoms with E-state index in [1.807, 2.05) is 0 Å². The lowest BCUT2D eigenvalue weighted by Gasteiger charge is -2.21. The van der Waals surface area contributed by atoms with Gasteiger partial charge in [0.15, 0.2) is 5.96 Å². The predicted octanol–water partition coefficient (Wildman–Crippen LogP) is 2.75. The number of carbonyl (C=O) groups excluding carboxylic acids is 3. The number of H-pyrrole nitrogens is 1. The summed E-state index contributed by atoms with van der Waals surface area (Å²) in [6, 6.07) is 4.52. The molecule has 21 heteroatoms. The van der Waals surface area contributed by atoms with Crippen molar-refractivity contribution in [2.75, 3.05) is 32.1 Å². The Hall–Kier alpha value is -5.11. The van der Waals surface area contributed by atoms with Gasteiger partial charge in [0.05, 0.1) is 61.7 Å². The molecular weight excluding hydrogens is 684 g/mol. The Kier molecular flexibility index (Phi) is 12.2. The van der Waals surface area contributed by atoms with Gasteiger partial charge in [0, 0.05) is 22.5 Å². The molecule has 1 aliphatic heterocycles. The number of ether oxygens (including phenoxy) is 1. The molecule has 2 atom stereocenters. The molecule has 2 amide bonds. The topological polar surface area (TPSA) is 207 Å². The number of benzene rings is 2.